The van der Waals surface area contributed by atoms with Crippen LogP contribution in [0.25, 0.3) is 5.69 Å². The van der Waals surface area contributed by atoms with E-state index in [0.29, 0.717) is 11.7 Å². The van der Waals surface area contributed by atoms with Crippen molar-refractivity contribution in [3.8, 4) is 11.4 Å². The summed E-state index contributed by atoms with van der Waals surface area (Å²) in [6, 6.07) is 8.24. The number of aromatic nitrogens is 2. The highest BCUT2D eigenvalue weighted by Gasteiger charge is 2.18. The summed E-state index contributed by atoms with van der Waals surface area (Å²) in [6.07, 6.45) is 2.63. The predicted molar refractivity (Wildman–Crippen MR) is 82.5 cm³/mol. The van der Waals surface area contributed by atoms with Crippen molar-refractivity contribution in [2.24, 2.45) is 5.92 Å². The van der Waals surface area contributed by atoms with E-state index in [9.17, 15) is 5.11 Å². The molecule has 0 aliphatic carbocycles. The molecular formula is C17H24N2O. The van der Waals surface area contributed by atoms with Crippen LogP contribution in [0, 0.1) is 12.8 Å². The van der Waals surface area contributed by atoms with Gasteiger partial charge in [0.25, 0.3) is 0 Å². The lowest BCUT2D eigenvalue weighted by atomic mass is 10.1. The van der Waals surface area contributed by atoms with Gasteiger partial charge in [0.2, 0.25) is 0 Å². The van der Waals surface area contributed by atoms with E-state index in [1.165, 1.54) is 5.56 Å². The molecule has 0 unspecified atom stereocenters. The Bertz CT molecular complexity index is 585. The standard InChI is InChI=1S/C17H24N2O/c1-5-7-15-17(20)16(10-12(2)3)19(18-15)14-9-6-8-13(4)11-14/h6,8-9,11-12,20H,5,7,10H2,1-4H3. The number of rotatable bonds is 5. The number of hydrogen-bond acceptors (Lipinski definition) is 2. The molecule has 0 radical (unpaired) electrons. The fourth-order valence-electron chi connectivity index (χ4n) is 2.44. The van der Waals surface area contributed by atoms with E-state index in [1.807, 2.05) is 16.8 Å². The van der Waals surface area contributed by atoms with Crippen LogP contribution in [-0.4, -0.2) is 14.9 Å². The highest BCUT2D eigenvalue weighted by Crippen LogP contribution is 2.28. The van der Waals surface area contributed by atoms with Gasteiger partial charge in [-0.25, -0.2) is 4.68 Å². The number of benzene rings is 1. The van der Waals surface area contributed by atoms with Gasteiger partial charge in [-0.05, 0) is 43.4 Å². The maximum atomic E-state index is 10.4. The van der Waals surface area contributed by atoms with E-state index in [4.69, 9.17) is 0 Å². The van der Waals surface area contributed by atoms with Gasteiger partial charge >= 0.3 is 0 Å². The average Bonchev–Trinajstić information content (AvgIpc) is 2.68. The predicted octanol–water partition coefficient (Wildman–Crippen LogP) is 4.04. The van der Waals surface area contributed by atoms with Crippen molar-refractivity contribution < 1.29 is 5.11 Å². The topological polar surface area (TPSA) is 38.0 Å². The third-order valence-electron chi connectivity index (χ3n) is 3.36. The van der Waals surface area contributed by atoms with Gasteiger partial charge in [0.05, 0.1) is 11.4 Å². The molecule has 2 rings (SSSR count). The normalized spacial score (nSPS) is 11.2. The molecule has 2 aromatic rings. The lowest BCUT2D eigenvalue weighted by Crippen LogP contribution is -2.05. The van der Waals surface area contributed by atoms with Crippen LogP contribution in [0.2, 0.25) is 0 Å². The van der Waals surface area contributed by atoms with Crippen molar-refractivity contribution in [2.75, 3.05) is 0 Å². The van der Waals surface area contributed by atoms with E-state index >= 15 is 0 Å². The van der Waals surface area contributed by atoms with Gasteiger partial charge in [0.15, 0.2) is 5.75 Å². The van der Waals surface area contributed by atoms with E-state index in [1.54, 1.807) is 0 Å². The Balaban J connectivity index is 2.52. The zero-order valence-corrected chi connectivity index (χ0v) is 12.8. The van der Waals surface area contributed by atoms with Crippen LogP contribution in [0.3, 0.4) is 0 Å². The van der Waals surface area contributed by atoms with Crippen molar-refractivity contribution >= 4 is 0 Å². The van der Waals surface area contributed by atoms with E-state index < -0.39 is 0 Å². The van der Waals surface area contributed by atoms with Crippen LogP contribution >= 0.6 is 0 Å². The molecule has 0 bridgehead atoms. The largest absolute Gasteiger partial charge is 0.504 e. The summed E-state index contributed by atoms with van der Waals surface area (Å²) in [7, 11) is 0. The van der Waals surface area contributed by atoms with E-state index in [2.05, 4.69) is 44.9 Å². The highest BCUT2D eigenvalue weighted by molar-refractivity contribution is 5.42. The monoisotopic (exact) mass is 272 g/mol. The van der Waals surface area contributed by atoms with E-state index in [-0.39, 0.29) is 0 Å². The molecule has 1 aromatic heterocycles. The van der Waals surface area contributed by atoms with Crippen LogP contribution in [0.1, 0.15) is 44.1 Å². The molecule has 20 heavy (non-hydrogen) atoms. The molecule has 3 nitrogen and oxygen atoms in total. The minimum absolute atomic E-state index is 0.377. The molecule has 0 atom stereocenters. The first-order valence-electron chi connectivity index (χ1n) is 7.39. The third-order valence-corrected chi connectivity index (χ3v) is 3.36. The van der Waals surface area contributed by atoms with Gasteiger partial charge in [-0.1, -0.05) is 39.3 Å². The summed E-state index contributed by atoms with van der Waals surface area (Å²) in [4.78, 5) is 0. The Labute approximate surface area is 121 Å². The molecule has 0 saturated heterocycles. The Kier molecular flexibility index (Phi) is 4.48. The molecule has 1 heterocycles. The minimum atomic E-state index is 0.377. The smallest absolute Gasteiger partial charge is 0.160 e. The zero-order valence-electron chi connectivity index (χ0n) is 12.8. The van der Waals surface area contributed by atoms with Gasteiger partial charge in [0.1, 0.15) is 5.69 Å². The Hall–Kier alpha value is -1.77. The van der Waals surface area contributed by atoms with Crippen molar-refractivity contribution in [1.82, 2.24) is 9.78 Å². The third kappa shape index (κ3) is 3.03. The maximum absolute atomic E-state index is 10.4. The zero-order chi connectivity index (χ0) is 14.7. The molecule has 1 aromatic carbocycles. The molecule has 0 saturated carbocycles. The summed E-state index contributed by atoms with van der Waals surface area (Å²) in [5, 5.41) is 15.1. The molecule has 108 valence electrons. The summed E-state index contributed by atoms with van der Waals surface area (Å²) >= 11 is 0. The lowest BCUT2D eigenvalue weighted by molar-refractivity contribution is 0.454. The van der Waals surface area contributed by atoms with Crippen LogP contribution in [0.5, 0.6) is 5.75 Å². The molecule has 1 N–H and O–H groups in total. The van der Waals surface area contributed by atoms with Crippen LogP contribution in [-0.2, 0) is 12.8 Å². The van der Waals surface area contributed by atoms with Crippen molar-refractivity contribution in [1.29, 1.82) is 0 Å². The van der Waals surface area contributed by atoms with Crippen LogP contribution < -0.4 is 0 Å². The van der Waals surface area contributed by atoms with Crippen LogP contribution in [0.4, 0.5) is 0 Å². The molecule has 0 fully saturated rings. The van der Waals surface area contributed by atoms with Crippen molar-refractivity contribution in [2.45, 2.75) is 47.0 Å². The molecule has 0 aliphatic rings. The van der Waals surface area contributed by atoms with Gasteiger partial charge < -0.3 is 5.11 Å². The molecule has 0 aliphatic heterocycles. The van der Waals surface area contributed by atoms with Gasteiger partial charge in [-0.15, -0.1) is 0 Å². The number of hydrogen-bond donors (Lipinski definition) is 1. The summed E-state index contributed by atoms with van der Waals surface area (Å²) < 4.78 is 1.91. The molecule has 0 amide bonds. The SMILES string of the molecule is CCCc1nn(-c2cccc(C)c2)c(CC(C)C)c1O. The summed E-state index contributed by atoms with van der Waals surface area (Å²) in [5.41, 5.74) is 3.96. The van der Waals surface area contributed by atoms with Crippen molar-refractivity contribution in [3.63, 3.8) is 0 Å². The maximum Gasteiger partial charge on any atom is 0.160 e. The first-order chi connectivity index (χ1) is 9.52. The minimum Gasteiger partial charge on any atom is -0.504 e. The molecular weight excluding hydrogens is 248 g/mol. The van der Waals surface area contributed by atoms with E-state index in [0.717, 1.165) is 36.3 Å². The Morgan fingerprint density at radius 1 is 1.30 bits per heavy atom. The number of nitrogens with zero attached hydrogens (tertiary/aromatic N) is 2. The number of aryl methyl sites for hydroxylation is 2. The highest BCUT2D eigenvalue weighted by atomic mass is 16.3. The Morgan fingerprint density at radius 3 is 2.65 bits per heavy atom. The second kappa shape index (κ2) is 6.12. The second-order valence-corrected chi connectivity index (χ2v) is 5.84. The average molecular weight is 272 g/mol. The molecule has 0 spiro atoms. The first kappa shape index (κ1) is 14.6. The fraction of sp³-hybridized carbons (Fsp3) is 0.471. The van der Waals surface area contributed by atoms with Gasteiger partial charge in [-0.3, -0.25) is 0 Å². The summed E-state index contributed by atoms with van der Waals surface area (Å²) in [5.74, 6) is 0.859. The molecule has 3 heteroatoms. The van der Waals surface area contributed by atoms with Crippen LogP contribution in [0.15, 0.2) is 24.3 Å². The number of aromatic hydroxyl groups is 1. The Morgan fingerprint density at radius 2 is 2.05 bits per heavy atom. The quantitative estimate of drug-likeness (QED) is 0.892. The van der Waals surface area contributed by atoms with Gasteiger partial charge in [-0.2, -0.15) is 5.10 Å². The lowest BCUT2D eigenvalue weighted by Gasteiger charge is -2.10. The summed E-state index contributed by atoms with van der Waals surface area (Å²) in [6.45, 7) is 8.49. The van der Waals surface area contributed by atoms with Gasteiger partial charge in [0, 0.05) is 0 Å². The second-order valence-electron chi connectivity index (χ2n) is 5.84. The van der Waals surface area contributed by atoms with Crippen molar-refractivity contribution in [3.05, 3.63) is 41.2 Å². The first-order valence-corrected chi connectivity index (χ1v) is 7.39. The fourth-order valence-corrected chi connectivity index (χ4v) is 2.44.